The summed E-state index contributed by atoms with van der Waals surface area (Å²) in [6.07, 6.45) is 0.0656. The molecule has 1 aliphatic rings. The van der Waals surface area contributed by atoms with Crippen molar-refractivity contribution in [2.75, 3.05) is 19.6 Å². The molecule has 7 heteroatoms. The highest BCUT2D eigenvalue weighted by molar-refractivity contribution is 5.95. The minimum absolute atomic E-state index is 0.0656. The number of rotatable bonds is 1. The standard InChI is InChI=1S/C12H11F3N2O2/c13-7-5-8(14)11(9(15)6-7)12(19)17-3-1-10(18)16-2-4-17/h5-6H,1-4H2,(H,16,18). The number of carbonyl (C=O) groups is 2. The van der Waals surface area contributed by atoms with E-state index in [4.69, 9.17) is 0 Å². The van der Waals surface area contributed by atoms with Gasteiger partial charge in [-0.15, -0.1) is 0 Å². The second kappa shape index (κ2) is 5.29. The van der Waals surface area contributed by atoms with E-state index in [-0.39, 0.29) is 32.0 Å². The highest BCUT2D eigenvalue weighted by atomic mass is 19.1. The molecule has 0 aromatic heterocycles. The van der Waals surface area contributed by atoms with E-state index in [9.17, 15) is 22.8 Å². The molecule has 19 heavy (non-hydrogen) atoms. The van der Waals surface area contributed by atoms with Crippen LogP contribution in [0.15, 0.2) is 12.1 Å². The first-order valence-electron chi connectivity index (χ1n) is 5.69. The van der Waals surface area contributed by atoms with Gasteiger partial charge in [0.15, 0.2) is 0 Å². The third kappa shape index (κ3) is 2.86. The Balaban J connectivity index is 2.26. The lowest BCUT2D eigenvalue weighted by Gasteiger charge is -2.20. The number of nitrogens with one attached hydrogen (secondary N) is 1. The molecule has 2 rings (SSSR count). The number of hydrogen-bond acceptors (Lipinski definition) is 2. The smallest absolute Gasteiger partial charge is 0.259 e. The van der Waals surface area contributed by atoms with Crippen LogP contribution >= 0.6 is 0 Å². The fraction of sp³-hybridized carbons (Fsp3) is 0.333. The fourth-order valence-electron chi connectivity index (χ4n) is 1.87. The van der Waals surface area contributed by atoms with Crippen LogP contribution in [0.5, 0.6) is 0 Å². The molecule has 4 nitrogen and oxygen atoms in total. The Kier molecular flexibility index (Phi) is 3.73. The van der Waals surface area contributed by atoms with Gasteiger partial charge < -0.3 is 10.2 Å². The van der Waals surface area contributed by atoms with Crippen LogP contribution in [0.25, 0.3) is 0 Å². The molecule has 0 spiro atoms. The second-order valence-electron chi connectivity index (χ2n) is 4.14. The van der Waals surface area contributed by atoms with Crippen LogP contribution < -0.4 is 5.32 Å². The van der Waals surface area contributed by atoms with Crippen LogP contribution in [-0.2, 0) is 4.79 Å². The van der Waals surface area contributed by atoms with Gasteiger partial charge in [-0.2, -0.15) is 0 Å². The van der Waals surface area contributed by atoms with Crippen molar-refractivity contribution in [2.45, 2.75) is 6.42 Å². The minimum Gasteiger partial charge on any atom is -0.354 e. The third-order valence-electron chi connectivity index (χ3n) is 2.82. The molecule has 1 aliphatic heterocycles. The monoisotopic (exact) mass is 272 g/mol. The van der Waals surface area contributed by atoms with Gasteiger partial charge in [-0.25, -0.2) is 13.2 Å². The largest absolute Gasteiger partial charge is 0.354 e. The first kappa shape index (κ1) is 13.4. The maximum absolute atomic E-state index is 13.5. The Morgan fingerprint density at radius 2 is 1.79 bits per heavy atom. The van der Waals surface area contributed by atoms with Crippen molar-refractivity contribution >= 4 is 11.8 Å². The number of benzene rings is 1. The molecule has 1 N–H and O–H groups in total. The van der Waals surface area contributed by atoms with Gasteiger partial charge >= 0.3 is 0 Å². The van der Waals surface area contributed by atoms with Gasteiger partial charge in [0.05, 0.1) is 0 Å². The quantitative estimate of drug-likeness (QED) is 0.831. The lowest BCUT2D eigenvalue weighted by Crippen LogP contribution is -2.35. The zero-order valence-electron chi connectivity index (χ0n) is 9.88. The molecule has 0 bridgehead atoms. The Hall–Kier alpha value is -2.05. The fourth-order valence-corrected chi connectivity index (χ4v) is 1.87. The van der Waals surface area contributed by atoms with Crippen molar-refractivity contribution in [1.82, 2.24) is 10.2 Å². The van der Waals surface area contributed by atoms with Crippen molar-refractivity contribution in [1.29, 1.82) is 0 Å². The molecule has 0 radical (unpaired) electrons. The summed E-state index contributed by atoms with van der Waals surface area (Å²) in [5.41, 5.74) is -0.796. The molecule has 2 amide bonds. The van der Waals surface area contributed by atoms with E-state index in [0.717, 1.165) is 4.90 Å². The second-order valence-corrected chi connectivity index (χ2v) is 4.14. The molecule has 102 valence electrons. The van der Waals surface area contributed by atoms with Crippen molar-refractivity contribution in [3.8, 4) is 0 Å². The Morgan fingerprint density at radius 1 is 1.16 bits per heavy atom. The maximum Gasteiger partial charge on any atom is 0.259 e. The lowest BCUT2D eigenvalue weighted by molar-refractivity contribution is -0.120. The first-order chi connectivity index (χ1) is 8.99. The molecule has 1 fully saturated rings. The summed E-state index contributed by atoms with van der Waals surface area (Å²) in [5.74, 6) is -4.68. The van der Waals surface area contributed by atoms with Crippen molar-refractivity contribution < 1.29 is 22.8 Å². The van der Waals surface area contributed by atoms with E-state index in [1.54, 1.807) is 0 Å². The molecule has 1 aromatic carbocycles. The van der Waals surface area contributed by atoms with Crippen molar-refractivity contribution in [3.05, 3.63) is 35.1 Å². The highest BCUT2D eigenvalue weighted by Gasteiger charge is 2.25. The van der Waals surface area contributed by atoms with Gasteiger partial charge in [0.25, 0.3) is 5.91 Å². The van der Waals surface area contributed by atoms with Crippen LogP contribution in [0.4, 0.5) is 13.2 Å². The molecule has 0 unspecified atom stereocenters. The molecular formula is C12H11F3N2O2. The van der Waals surface area contributed by atoms with Crippen LogP contribution in [0.3, 0.4) is 0 Å². The normalized spacial score (nSPS) is 15.9. The number of halogens is 3. The zero-order chi connectivity index (χ0) is 14.0. The molecule has 0 atom stereocenters. The third-order valence-corrected chi connectivity index (χ3v) is 2.82. The van der Waals surface area contributed by atoms with Crippen LogP contribution in [-0.4, -0.2) is 36.3 Å². The van der Waals surface area contributed by atoms with E-state index in [1.165, 1.54) is 0 Å². The summed E-state index contributed by atoms with van der Waals surface area (Å²) >= 11 is 0. The summed E-state index contributed by atoms with van der Waals surface area (Å²) < 4.78 is 39.7. The summed E-state index contributed by atoms with van der Waals surface area (Å²) in [5, 5.41) is 2.54. The number of nitrogens with zero attached hydrogens (tertiary/aromatic N) is 1. The van der Waals surface area contributed by atoms with Crippen LogP contribution in [0.2, 0.25) is 0 Å². The first-order valence-corrected chi connectivity index (χ1v) is 5.69. The average Bonchev–Trinajstić information content (AvgIpc) is 2.52. The molecular weight excluding hydrogens is 261 g/mol. The summed E-state index contributed by atoms with van der Waals surface area (Å²) in [7, 11) is 0. The Bertz CT molecular complexity index is 511. The van der Waals surface area contributed by atoms with E-state index in [1.807, 2.05) is 0 Å². The summed E-state index contributed by atoms with van der Waals surface area (Å²) in [6.45, 7) is 0.441. The van der Waals surface area contributed by atoms with Gasteiger partial charge in [0.1, 0.15) is 23.0 Å². The van der Waals surface area contributed by atoms with Gasteiger partial charge in [0, 0.05) is 38.2 Å². The average molecular weight is 272 g/mol. The van der Waals surface area contributed by atoms with E-state index in [2.05, 4.69) is 5.32 Å². The predicted octanol–water partition coefficient (Wildman–Crippen LogP) is 1.07. The summed E-state index contributed by atoms with van der Waals surface area (Å²) in [6, 6.07) is 0.912. The molecule has 0 saturated carbocycles. The van der Waals surface area contributed by atoms with E-state index < -0.39 is 28.9 Å². The SMILES string of the molecule is O=C1CCN(C(=O)c2c(F)cc(F)cc2F)CCN1. The van der Waals surface area contributed by atoms with E-state index >= 15 is 0 Å². The molecule has 1 saturated heterocycles. The van der Waals surface area contributed by atoms with E-state index in [0.29, 0.717) is 12.1 Å². The topological polar surface area (TPSA) is 49.4 Å². The maximum atomic E-state index is 13.5. The lowest BCUT2D eigenvalue weighted by atomic mass is 10.1. The Labute approximate surface area is 107 Å². The predicted molar refractivity (Wildman–Crippen MR) is 59.8 cm³/mol. The molecule has 1 heterocycles. The highest BCUT2D eigenvalue weighted by Crippen LogP contribution is 2.17. The number of hydrogen-bond donors (Lipinski definition) is 1. The van der Waals surface area contributed by atoms with Crippen LogP contribution in [0.1, 0.15) is 16.8 Å². The van der Waals surface area contributed by atoms with Gasteiger partial charge in [-0.3, -0.25) is 9.59 Å². The summed E-state index contributed by atoms with van der Waals surface area (Å²) in [4.78, 5) is 24.3. The Morgan fingerprint density at radius 3 is 2.42 bits per heavy atom. The number of amides is 2. The molecule has 1 aromatic rings. The van der Waals surface area contributed by atoms with Crippen molar-refractivity contribution in [3.63, 3.8) is 0 Å². The van der Waals surface area contributed by atoms with Crippen LogP contribution in [0, 0.1) is 17.5 Å². The van der Waals surface area contributed by atoms with Gasteiger partial charge in [0.2, 0.25) is 5.91 Å². The minimum atomic E-state index is -1.24. The van der Waals surface area contributed by atoms with Gasteiger partial charge in [-0.1, -0.05) is 0 Å². The number of carbonyl (C=O) groups excluding carboxylic acids is 2. The van der Waals surface area contributed by atoms with Crippen molar-refractivity contribution in [2.24, 2.45) is 0 Å². The zero-order valence-corrected chi connectivity index (χ0v) is 9.88. The van der Waals surface area contributed by atoms with Gasteiger partial charge in [-0.05, 0) is 0 Å². The molecule has 0 aliphatic carbocycles.